The fourth-order valence-corrected chi connectivity index (χ4v) is 7.40. The van der Waals surface area contributed by atoms with Crippen LogP contribution in [0.1, 0.15) is 38.7 Å². The maximum absolute atomic E-state index is 13.1. The summed E-state index contributed by atoms with van der Waals surface area (Å²) in [6.45, 7) is 4.67. The largest absolute Gasteiger partial charge is 0.299 e. The van der Waals surface area contributed by atoms with Crippen LogP contribution >= 0.6 is 0 Å². The molecular formula is C18H23NO3S. The van der Waals surface area contributed by atoms with E-state index in [2.05, 4.69) is 13.8 Å². The number of hydrogen-bond donors (Lipinski definition) is 0. The number of anilines is 1. The summed E-state index contributed by atoms with van der Waals surface area (Å²) in [5, 5.41) is 0. The molecule has 0 aromatic heterocycles. The Bertz CT molecular complexity index is 783. The van der Waals surface area contributed by atoms with Crippen molar-refractivity contribution < 1.29 is 13.2 Å². The number of para-hydroxylation sites is 1. The van der Waals surface area contributed by atoms with Gasteiger partial charge in [0, 0.05) is 13.0 Å². The molecule has 0 spiro atoms. The van der Waals surface area contributed by atoms with Gasteiger partial charge in [0.2, 0.25) is 10.0 Å². The van der Waals surface area contributed by atoms with E-state index < -0.39 is 15.4 Å². The van der Waals surface area contributed by atoms with Crippen LogP contribution in [-0.2, 0) is 21.2 Å². The Morgan fingerprint density at radius 1 is 1.26 bits per heavy atom. The van der Waals surface area contributed by atoms with E-state index in [0.29, 0.717) is 18.9 Å². The number of hydrogen-bond acceptors (Lipinski definition) is 3. The van der Waals surface area contributed by atoms with Crippen LogP contribution in [0, 0.1) is 16.7 Å². The molecule has 4 nitrogen and oxygen atoms in total. The van der Waals surface area contributed by atoms with Crippen LogP contribution in [-0.4, -0.2) is 26.5 Å². The molecule has 2 atom stereocenters. The monoisotopic (exact) mass is 333 g/mol. The third kappa shape index (κ3) is 1.89. The van der Waals surface area contributed by atoms with Crippen LogP contribution < -0.4 is 4.31 Å². The number of Topliss-reactive ketones (excluding diaryl/α,β-unsaturated/α-hetero) is 1. The van der Waals surface area contributed by atoms with Crippen LogP contribution in [0.15, 0.2) is 24.3 Å². The minimum absolute atomic E-state index is 0.0311. The molecule has 0 N–H and O–H groups in total. The molecule has 2 saturated carbocycles. The zero-order valence-corrected chi connectivity index (χ0v) is 14.5. The Hall–Kier alpha value is -1.36. The first-order chi connectivity index (χ1) is 10.8. The highest BCUT2D eigenvalue weighted by Gasteiger charge is 2.65. The van der Waals surface area contributed by atoms with Gasteiger partial charge in [-0.05, 0) is 42.2 Å². The minimum atomic E-state index is -3.49. The first-order valence-electron chi connectivity index (χ1n) is 8.40. The van der Waals surface area contributed by atoms with E-state index in [1.165, 1.54) is 4.31 Å². The van der Waals surface area contributed by atoms with Gasteiger partial charge >= 0.3 is 0 Å². The molecule has 1 heterocycles. The SMILES string of the molecule is CC1(C)[C@H]2CC[C@]1(CS(=O)(=O)N1CCc3ccccc31)C(=O)C2. The molecule has 0 unspecified atom stereocenters. The zero-order chi connectivity index (χ0) is 16.5. The van der Waals surface area contributed by atoms with E-state index >= 15 is 0 Å². The number of ketones is 1. The standard InChI is InChI=1S/C18H23NO3S/c1-17(2)14-7-9-18(17,16(20)11-14)12-23(21,22)19-10-8-13-5-3-4-6-15(13)19/h3-6,14H,7-12H2,1-2H3/t14-,18-/m0/s1. The maximum atomic E-state index is 13.1. The Morgan fingerprint density at radius 2 is 2.00 bits per heavy atom. The number of sulfonamides is 1. The second-order valence-corrected chi connectivity index (χ2v) is 9.77. The number of benzene rings is 1. The average molecular weight is 333 g/mol. The van der Waals surface area contributed by atoms with Crippen molar-refractivity contribution in [1.29, 1.82) is 0 Å². The lowest BCUT2D eigenvalue weighted by Gasteiger charge is -2.37. The predicted molar refractivity (Wildman–Crippen MR) is 89.8 cm³/mol. The van der Waals surface area contributed by atoms with E-state index in [0.717, 1.165) is 30.5 Å². The molecule has 5 heteroatoms. The smallest absolute Gasteiger partial charge is 0.236 e. The fourth-order valence-electron chi connectivity index (χ4n) is 5.09. The first kappa shape index (κ1) is 15.2. The zero-order valence-electron chi connectivity index (χ0n) is 13.7. The summed E-state index contributed by atoms with van der Waals surface area (Å²) in [5.41, 5.74) is 0.973. The third-order valence-corrected chi connectivity index (χ3v) is 8.66. The first-order valence-corrected chi connectivity index (χ1v) is 10.0. The van der Waals surface area contributed by atoms with Crippen molar-refractivity contribution >= 4 is 21.5 Å². The van der Waals surface area contributed by atoms with Gasteiger partial charge in [-0.1, -0.05) is 32.0 Å². The van der Waals surface area contributed by atoms with Gasteiger partial charge < -0.3 is 0 Å². The summed E-state index contributed by atoms with van der Waals surface area (Å²) in [4.78, 5) is 12.6. The number of nitrogens with zero attached hydrogens (tertiary/aromatic N) is 1. The molecule has 1 aromatic carbocycles. The van der Waals surface area contributed by atoms with Gasteiger partial charge in [-0.15, -0.1) is 0 Å². The summed E-state index contributed by atoms with van der Waals surface area (Å²) in [6, 6.07) is 7.68. The van der Waals surface area contributed by atoms with Crippen LogP contribution in [0.4, 0.5) is 5.69 Å². The van der Waals surface area contributed by atoms with Crippen molar-refractivity contribution in [3.05, 3.63) is 29.8 Å². The van der Waals surface area contributed by atoms with Crippen molar-refractivity contribution in [1.82, 2.24) is 0 Å². The molecular weight excluding hydrogens is 310 g/mol. The molecule has 0 radical (unpaired) electrons. The van der Waals surface area contributed by atoms with Gasteiger partial charge in [0.05, 0.1) is 16.9 Å². The quantitative estimate of drug-likeness (QED) is 0.855. The number of fused-ring (bicyclic) bond motifs is 3. The van der Waals surface area contributed by atoms with Crippen molar-refractivity contribution in [2.24, 2.45) is 16.7 Å². The molecule has 2 fully saturated rings. The van der Waals surface area contributed by atoms with Crippen molar-refractivity contribution in [2.45, 2.75) is 39.5 Å². The van der Waals surface area contributed by atoms with Crippen LogP contribution in [0.2, 0.25) is 0 Å². The summed E-state index contributed by atoms with van der Waals surface area (Å²) < 4.78 is 27.8. The number of rotatable bonds is 3. The second kappa shape index (κ2) is 4.59. The molecule has 0 amide bonds. The van der Waals surface area contributed by atoms with E-state index in [1.54, 1.807) is 0 Å². The molecule has 0 saturated heterocycles. The van der Waals surface area contributed by atoms with Gasteiger partial charge in [0.25, 0.3) is 0 Å². The summed E-state index contributed by atoms with van der Waals surface area (Å²) in [5.74, 6) is 0.474. The molecule has 4 rings (SSSR count). The lowest BCUT2D eigenvalue weighted by Crippen LogP contribution is -2.46. The predicted octanol–water partition coefficient (Wildman–Crippen LogP) is 2.77. The lowest BCUT2D eigenvalue weighted by atomic mass is 9.70. The van der Waals surface area contributed by atoms with Gasteiger partial charge in [-0.2, -0.15) is 0 Å². The second-order valence-electron chi connectivity index (χ2n) is 7.87. The fraction of sp³-hybridized carbons (Fsp3) is 0.611. The maximum Gasteiger partial charge on any atom is 0.236 e. The normalized spacial score (nSPS) is 31.7. The lowest BCUT2D eigenvalue weighted by molar-refractivity contribution is -0.128. The van der Waals surface area contributed by atoms with Crippen LogP contribution in [0.5, 0.6) is 0 Å². The molecule has 23 heavy (non-hydrogen) atoms. The highest BCUT2D eigenvalue weighted by Crippen LogP contribution is 2.64. The van der Waals surface area contributed by atoms with Crippen molar-refractivity contribution in [3.8, 4) is 0 Å². The average Bonchev–Trinajstić information content (AvgIpc) is 3.07. The number of carbonyl (C=O) groups excluding carboxylic acids is 1. The summed E-state index contributed by atoms with van der Waals surface area (Å²) in [7, 11) is -3.49. The summed E-state index contributed by atoms with van der Waals surface area (Å²) in [6.07, 6.45) is 3.00. The Balaban J connectivity index is 1.71. The molecule has 1 aliphatic heterocycles. The Labute approximate surface area is 137 Å². The highest BCUT2D eigenvalue weighted by molar-refractivity contribution is 7.92. The van der Waals surface area contributed by atoms with Crippen LogP contribution in [0.25, 0.3) is 0 Å². The number of carbonyl (C=O) groups is 1. The van der Waals surface area contributed by atoms with E-state index in [4.69, 9.17) is 0 Å². The molecule has 124 valence electrons. The van der Waals surface area contributed by atoms with E-state index in [1.807, 2.05) is 24.3 Å². The summed E-state index contributed by atoms with van der Waals surface area (Å²) >= 11 is 0. The third-order valence-electron chi connectivity index (χ3n) is 6.75. The molecule has 3 aliphatic rings. The van der Waals surface area contributed by atoms with Gasteiger partial charge in [-0.25, -0.2) is 8.42 Å². The Kier molecular flexibility index (Phi) is 3.03. The molecule has 1 aromatic rings. The molecule has 2 aliphatic carbocycles. The topological polar surface area (TPSA) is 54.5 Å². The van der Waals surface area contributed by atoms with E-state index in [9.17, 15) is 13.2 Å². The van der Waals surface area contributed by atoms with Gasteiger partial charge in [0.15, 0.2) is 0 Å². The Morgan fingerprint density at radius 3 is 2.65 bits per heavy atom. The van der Waals surface area contributed by atoms with Crippen LogP contribution in [0.3, 0.4) is 0 Å². The van der Waals surface area contributed by atoms with Crippen molar-refractivity contribution in [2.75, 3.05) is 16.6 Å². The van der Waals surface area contributed by atoms with Gasteiger partial charge in [-0.3, -0.25) is 9.10 Å². The van der Waals surface area contributed by atoms with Gasteiger partial charge in [0.1, 0.15) is 5.78 Å². The molecule has 2 bridgehead atoms. The highest BCUT2D eigenvalue weighted by atomic mass is 32.2. The minimum Gasteiger partial charge on any atom is -0.299 e. The van der Waals surface area contributed by atoms with Crippen molar-refractivity contribution in [3.63, 3.8) is 0 Å². The van der Waals surface area contributed by atoms with E-state index in [-0.39, 0.29) is 17.0 Å².